The zero-order chi connectivity index (χ0) is 90.3. The smallest absolute Gasteiger partial charge is 0.0518 e. The van der Waals surface area contributed by atoms with Crippen molar-refractivity contribution in [1.29, 1.82) is 0 Å². The molecule has 0 spiro atoms. The summed E-state index contributed by atoms with van der Waals surface area (Å²) in [6, 6.07) is 0. The van der Waals surface area contributed by atoms with Crippen molar-refractivity contribution in [2.24, 2.45) is 35.5 Å². The molecule has 0 heterocycles. The van der Waals surface area contributed by atoms with Gasteiger partial charge in [-0.2, -0.15) is 0 Å². The normalized spacial score (nSPS) is 10.6. The second kappa shape index (κ2) is 139. The monoisotopic (exact) mass is 1640 g/mol. The van der Waals surface area contributed by atoms with Crippen LogP contribution < -0.4 is 0 Å². The number of ether oxygens (including phenoxy) is 7. The Hall–Kier alpha value is -0.280. The third-order valence-corrected chi connectivity index (χ3v) is 17.4. The minimum atomic E-state index is 0.398. The van der Waals surface area contributed by atoms with Crippen molar-refractivity contribution < 1.29 is 33.2 Å². The van der Waals surface area contributed by atoms with Crippen LogP contribution in [0.5, 0.6) is 0 Å². The van der Waals surface area contributed by atoms with Crippen molar-refractivity contribution in [2.75, 3.05) is 46.2 Å². The Labute approximate surface area is 731 Å². The van der Waals surface area contributed by atoms with E-state index in [0.29, 0.717) is 42.7 Å². The lowest BCUT2D eigenvalue weighted by Gasteiger charge is -2.06. The first-order valence-electron chi connectivity index (χ1n) is 51.3. The van der Waals surface area contributed by atoms with Crippen molar-refractivity contribution >= 4 is 0 Å². The molecule has 0 aromatic rings. The SMILES string of the molecule is CCCC(C)C.CCCCC(C)C.CCCCCC(C)C.CCCCCCC(C)C.CCCCCCCC(C)C.CCCCCCCCC(C)C.CCCCCCCCOC(C)C.CCCCCCCOC(C)C.CCCCCCOC(C)C.CCCCCOC(C)C.CCCCOC(C)C.CCCOC(C)C.CCOC(C)C. The number of unbranched alkanes of at least 4 members (excludes halogenated alkanes) is 30. The number of hydrogen-bond donors (Lipinski definition) is 0. The molecular formula is C107H240O7. The van der Waals surface area contributed by atoms with Gasteiger partial charge in [-0.05, 0) is 178 Å². The van der Waals surface area contributed by atoms with Gasteiger partial charge in [-0.25, -0.2) is 0 Å². The molecule has 0 unspecified atom stereocenters. The molecule has 0 N–H and O–H groups in total. The first-order valence-corrected chi connectivity index (χ1v) is 51.3. The third kappa shape index (κ3) is 245. The van der Waals surface area contributed by atoms with E-state index in [0.717, 1.165) is 88.2 Å². The molecule has 0 rings (SSSR count). The van der Waals surface area contributed by atoms with Crippen LogP contribution in [0.25, 0.3) is 0 Å². The van der Waals surface area contributed by atoms with Crippen molar-refractivity contribution in [3.63, 3.8) is 0 Å². The van der Waals surface area contributed by atoms with E-state index in [1.54, 1.807) is 0 Å². The highest BCUT2D eigenvalue weighted by Crippen LogP contribution is 2.14. The van der Waals surface area contributed by atoms with Crippen LogP contribution in [0.15, 0.2) is 0 Å². The van der Waals surface area contributed by atoms with Crippen molar-refractivity contribution in [1.82, 2.24) is 0 Å². The van der Waals surface area contributed by atoms with E-state index in [4.69, 9.17) is 33.2 Å². The lowest BCUT2D eigenvalue weighted by molar-refractivity contribution is 0.0755. The number of rotatable bonds is 62. The van der Waals surface area contributed by atoms with E-state index in [1.165, 1.54) is 302 Å². The van der Waals surface area contributed by atoms with Crippen molar-refractivity contribution in [3.8, 4) is 0 Å². The van der Waals surface area contributed by atoms with Gasteiger partial charge in [0.2, 0.25) is 0 Å². The minimum absolute atomic E-state index is 0.398. The third-order valence-electron chi connectivity index (χ3n) is 17.4. The van der Waals surface area contributed by atoms with Gasteiger partial charge in [0.05, 0.1) is 42.7 Å². The fraction of sp³-hybridized carbons (Fsp3) is 1.00. The Morgan fingerprint density at radius 3 is 0.456 bits per heavy atom. The van der Waals surface area contributed by atoms with Gasteiger partial charge in [0.25, 0.3) is 0 Å². The van der Waals surface area contributed by atoms with Gasteiger partial charge < -0.3 is 33.2 Å². The van der Waals surface area contributed by atoms with Crippen LogP contribution in [0.3, 0.4) is 0 Å². The first kappa shape index (κ1) is 142. The Morgan fingerprint density at radius 2 is 0.281 bits per heavy atom. The molecule has 0 aromatic carbocycles. The van der Waals surface area contributed by atoms with Gasteiger partial charge in [0.15, 0.2) is 0 Å². The predicted octanol–water partition coefficient (Wildman–Crippen LogP) is 38.7. The molecule has 114 heavy (non-hydrogen) atoms. The van der Waals surface area contributed by atoms with Crippen LogP contribution >= 0.6 is 0 Å². The molecule has 0 saturated carbocycles. The van der Waals surface area contributed by atoms with Crippen LogP contribution in [0.4, 0.5) is 0 Å². The maximum Gasteiger partial charge on any atom is 0.0518 e. The standard InChI is InChI=1S/C11H24O.C11H24.C10H22O.C10H22.C9H20O.C9H20.C8H18O.C8H18.C7H16O.C7H16.C6H14O.C6H14.C5H12O/c1-4-5-6-7-8-9-10-12-11(2)3;1-4-5-6-7-8-9-10-11(2)3;1-4-5-6-7-8-9-11-10(2)3;1-4-5-6-7-8-9-10(2)3;1-4-5-6-7-8-10-9(2)3;1-4-5-6-7-8-9(2)3;1-4-5-6-7-9-8(2)3;1-4-5-6-7-8(2)3;1-4-5-6-8-7(2)3;1-4-5-6-7(2)3;1-4-5-7-6(2)3;1-4-5-6(2)3;1-4-6-5(2)3/h11H,4-10H2,1-3H3;11H,4-10H2,1-3H3;10H,4-9H2,1-3H3;10H,4-9H2,1-3H3;9H,4-8H2,1-3H3;9H,4-8H2,1-3H3;8H,4-7H2,1-3H3;8H,4-7H2,1-3H3;7H,4-6H2,1-3H3;7H,4-6H2,1-3H3;6H,4-5H2,1-3H3;6H,4-5H2,1-3H3;5H,4H2,1-3H3. The fourth-order valence-corrected chi connectivity index (χ4v) is 10.4. The van der Waals surface area contributed by atoms with Crippen LogP contribution in [0, 0.1) is 35.5 Å². The van der Waals surface area contributed by atoms with E-state index in [2.05, 4.69) is 249 Å². The summed E-state index contributed by atoms with van der Waals surface area (Å²) in [6.45, 7) is 91.6. The second-order valence-electron chi connectivity index (χ2n) is 36.7. The van der Waals surface area contributed by atoms with Crippen molar-refractivity contribution in [3.05, 3.63) is 0 Å². The van der Waals surface area contributed by atoms with Gasteiger partial charge >= 0.3 is 0 Å². The molecule has 0 amide bonds. The summed E-state index contributed by atoms with van der Waals surface area (Å²) in [7, 11) is 0. The summed E-state index contributed by atoms with van der Waals surface area (Å²) in [5.41, 5.74) is 0. The highest BCUT2D eigenvalue weighted by Gasteiger charge is 2.00. The Balaban J connectivity index is -0.0000000885. The molecule has 0 bridgehead atoms. The Kier molecular flexibility index (Phi) is 173. The summed E-state index contributed by atoms with van der Waals surface area (Å²) in [6.07, 6.45) is 68.2. The van der Waals surface area contributed by atoms with Gasteiger partial charge in [-0.15, -0.1) is 0 Å². The molecule has 0 aliphatic rings. The number of hydrogen-bond acceptors (Lipinski definition) is 7. The summed E-state index contributed by atoms with van der Waals surface area (Å²) in [5, 5.41) is 0. The molecule has 0 atom stereocenters. The summed E-state index contributed by atoms with van der Waals surface area (Å²) < 4.78 is 37.1. The highest BCUT2D eigenvalue weighted by atomic mass is 16.5. The summed E-state index contributed by atoms with van der Waals surface area (Å²) in [4.78, 5) is 0. The van der Waals surface area contributed by atoms with Crippen LogP contribution in [0.2, 0.25) is 0 Å². The van der Waals surface area contributed by atoms with Gasteiger partial charge in [-0.3, -0.25) is 0 Å². The Bertz CT molecular complexity index is 1270. The van der Waals surface area contributed by atoms with E-state index in [-0.39, 0.29) is 0 Å². The molecular weight excluding hydrogens is 1400 g/mol. The lowest BCUT2D eigenvalue weighted by atomic mass is 10.0. The minimum Gasteiger partial charge on any atom is -0.379 e. The molecule has 7 nitrogen and oxygen atoms in total. The zero-order valence-corrected chi connectivity index (χ0v) is 88.3. The summed E-state index contributed by atoms with van der Waals surface area (Å²) in [5.74, 6) is 5.42. The van der Waals surface area contributed by atoms with Crippen molar-refractivity contribution in [2.45, 2.75) is 621 Å². The average molecular weight is 1640 g/mol. The molecule has 0 aliphatic heterocycles. The van der Waals surface area contributed by atoms with Crippen LogP contribution in [-0.4, -0.2) is 89.0 Å². The quantitative estimate of drug-likeness (QED) is 0.0562. The first-order chi connectivity index (χ1) is 54.0. The second-order valence-corrected chi connectivity index (χ2v) is 36.7. The largest absolute Gasteiger partial charge is 0.379 e. The maximum atomic E-state index is 5.45. The topological polar surface area (TPSA) is 64.6 Å². The summed E-state index contributed by atoms with van der Waals surface area (Å²) >= 11 is 0. The molecule has 0 aliphatic carbocycles. The van der Waals surface area contributed by atoms with E-state index < -0.39 is 0 Å². The van der Waals surface area contributed by atoms with Gasteiger partial charge in [0, 0.05) is 46.2 Å². The maximum absolute atomic E-state index is 5.45. The Morgan fingerprint density at radius 1 is 0.123 bits per heavy atom. The van der Waals surface area contributed by atoms with E-state index >= 15 is 0 Å². The van der Waals surface area contributed by atoms with Crippen LogP contribution in [0.1, 0.15) is 578 Å². The molecule has 710 valence electrons. The fourth-order valence-electron chi connectivity index (χ4n) is 10.4. The van der Waals surface area contributed by atoms with Gasteiger partial charge in [0.1, 0.15) is 0 Å². The molecule has 0 fully saturated rings. The average Bonchev–Trinajstić information content (AvgIpc) is 1.34. The highest BCUT2D eigenvalue weighted by molar-refractivity contribution is 4.52. The molecule has 7 heteroatoms. The molecule has 0 saturated heterocycles. The zero-order valence-electron chi connectivity index (χ0n) is 88.3. The van der Waals surface area contributed by atoms with E-state index in [1.807, 2.05) is 20.8 Å². The predicted molar refractivity (Wildman–Crippen MR) is 532 cm³/mol. The van der Waals surface area contributed by atoms with E-state index in [9.17, 15) is 0 Å². The molecule has 0 radical (unpaired) electrons. The van der Waals surface area contributed by atoms with Gasteiger partial charge in [-0.1, -0.05) is 436 Å². The molecule has 0 aromatic heterocycles. The van der Waals surface area contributed by atoms with Crippen LogP contribution in [-0.2, 0) is 33.2 Å². The lowest BCUT2D eigenvalue weighted by Crippen LogP contribution is -2.03.